The third-order valence-corrected chi connectivity index (χ3v) is 3.22. The number of carbonyl (C=O) groups is 1. The Morgan fingerprint density at radius 3 is 2.68 bits per heavy atom. The molecule has 7 nitrogen and oxygen atoms in total. The van der Waals surface area contributed by atoms with Crippen LogP contribution in [0.2, 0.25) is 0 Å². The maximum atomic E-state index is 12.0. The second-order valence-electron chi connectivity index (χ2n) is 4.89. The summed E-state index contributed by atoms with van der Waals surface area (Å²) >= 11 is 0. The fourth-order valence-electron chi connectivity index (χ4n) is 2.17. The maximum Gasteiger partial charge on any atom is 0.328 e. The molecule has 0 bridgehead atoms. The van der Waals surface area contributed by atoms with Gasteiger partial charge in [-0.15, -0.1) is 0 Å². The van der Waals surface area contributed by atoms with Gasteiger partial charge in [0.25, 0.3) is 11.5 Å². The largest absolute Gasteiger partial charge is 0.494 e. The minimum absolute atomic E-state index is 0.144. The number of nitrogens with zero attached hydrogens (tertiary/aromatic N) is 1. The smallest absolute Gasteiger partial charge is 0.328 e. The number of aromatic hydroxyl groups is 1. The first-order valence-corrected chi connectivity index (χ1v) is 6.43. The van der Waals surface area contributed by atoms with E-state index in [0.717, 1.165) is 10.8 Å². The number of H-pyrrole nitrogens is 2. The van der Waals surface area contributed by atoms with E-state index in [1.807, 2.05) is 24.0 Å². The maximum absolute atomic E-state index is 12.0. The molecule has 0 atom stereocenters. The molecule has 3 rings (SSSR count). The van der Waals surface area contributed by atoms with Crippen LogP contribution in [0, 0.1) is 6.92 Å². The number of nitrogens with one attached hydrogen (secondary N) is 2. The molecule has 0 radical (unpaired) electrons. The van der Waals surface area contributed by atoms with Gasteiger partial charge in [-0.25, -0.2) is 9.79 Å². The number of carbonyl (C=O) groups excluding carboxylic acids is 1. The molecule has 0 unspecified atom stereocenters. The summed E-state index contributed by atoms with van der Waals surface area (Å²) in [5.74, 6) is -1.13. The number of hydrogen-bond acceptors (Lipinski definition) is 4. The molecule has 1 aromatic carbocycles. The van der Waals surface area contributed by atoms with E-state index in [9.17, 15) is 19.5 Å². The summed E-state index contributed by atoms with van der Waals surface area (Å²) in [4.78, 5) is 42.7. The first-order chi connectivity index (χ1) is 10.4. The lowest BCUT2D eigenvalue weighted by molar-refractivity contribution is -0.114. The predicted molar refractivity (Wildman–Crippen MR) is 78.8 cm³/mol. The number of aryl methyl sites for hydroxylation is 1. The lowest BCUT2D eigenvalue weighted by atomic mass is 10.1. The van der Waals surface area contributed by atoms with E-state index >= 15 is 0 Å². The molecule has 0 fully saturated rings. The van der Waals surface area contributed by atoms with E-state index in [-0.39, 0.29) is 11.1 Å². The second-order valence-corrected chi connectivity index (χ2v) is 4.89. The third kappa shape index (κ3) is 2.39. The molecule has 0 saturated carbocycles. The van der Waals surface area contributed by atoms with Crippen LogP contribution in [0.3, 0.4) is 0 Å². The highest BCUT2D eigenvalue weighted by Gasteiger charge is 2.13. The van der Waals surface area contributed by atoms with Gasteiger partial charge in [0, 0.05) is 10.8 Å². The lowest BCUT2D eigenvalue weighted by Crippen LogP contribution is -2.31. The summed E-state index contributed by atoms with van der Waals surface area (Å²) in [7, 11) is 0. The molecule has 1 aliphatic heterocycles. The number of amides is 1. The van der Waals surface area contributed by atoms with E-state index in [4.69, 9.17) is 0 Å². The van der Waals surface area contributed by atoms with Gasteiger partial charge < -0.3 is 5.11 Å². The quantitative estimate of drug-likeness (QED) is 0.592. The van der Waals surface area contributed by atoms with Crippen molar-refractivity contribution in [2.75, 3.05) is 0 Å². The molecule has 7 heteroatoms. The molecular weight excluding hydrogens is 286 g/mol. The van der Waals surface area contributed by atoms with Gasteiger partial charge in [0.05, 0.1) is 5.36 Å². The Morgan fingerprint density at radius 2 is 1.95 bits per heavy atom. The number of benzene rings is 1. The van der Waals surface area contributed by atoms with Gasteiger partial charge in [-0.2, -0.15) is 0 Å². The molecule has 0 spiro atoms. The van der Waals surface area contributed by atoms with Crippen LogP contribution >= 0.6 is 0 Å². The fraction of sp³-hybridized carbons (Fsp3) is 0.0667. The molecular formula is C15H11N3O4. The van der Waals surface area contributed by atoms with Crippen LogP contribution in [-0.2, 0) is 4.79 Å². The Balaban J connectivity index is 2.23. The Kier molecular flexibility index (Phi) is 3.10. The van der Waals surface area contributed by atoms with Crippen molar-refractivity contribution in [2.45, 2.75) is 6.92 Å². The number of rotatable bonds is 1. The number of hydrogen-bond donors (Lipinski definition) is 3. The lowest BCUT2D eigenvalue weighted by Gasteiger charge is -2.04. The molecule has 1 aliphatic rings. The van der Waals surface area contributed by atoms with Crippen molar-refractivity contribution in [3.63, 3.8) is 0 Å². The summed E-state index contributed by atoms with van der Waals surface area (Å²) in [6.45, 7) is 1.91. The molecule has 0 saturated heterocycles. The van der Waals surface area contributed by atoms with Gasteiger partial charge in [0.2, 0.25) is 5.88 Å². The summed E-state index contributed by atoms with van der Waals surface area (Å²) in [6.07, 6.45) is 2.78. The molecule has 3 N–H and O–H groups in total. The Hall–Kier alpha value is -3.22. The predicted octanol–water partition coefficient (Wildman–Crippen LogP) is -0.899. The van der Waals surface area contributed by atoms with Gasteiger partial charge in [0.1, 0.15) is 5.56 Å². The summed E-state index contributed by atoms with van der Waals surface area (Å²) in [5.41, 5.74) is -0.667. The highest BCUT2D eigenvalue weighted by atomic mass is 16.3. The number of aromatic amines is 2. The van der Waals surface area contributed by atoms with Gasteiger partial charge in [0.15, 0.2) is 0 Å². The molecule has 0 aliphatic carbocycles. The van der Waals surface area contributed by atoms with Crippen LogP contribution in [0.1, 0.15) is 11.1 Å². The minimum atomic E-state index is -0.825. The topological polar surface area (TPSA) is 115 Å². The van der Waals surface area contributed by atoms with Crippen LogP contribution < -0.4 is 21.8 Å². The zero-order valence-corrected chi connectivity index (χ0v) is 11.5. The average Bonchev–Trinajstić information content (AvgIpc) is 2.43. The van der Waals surface area contributed by atoms with Crippen molar-refractivity contribution in [1.29, 1.82) is 0 Å². The minimum Gasteiger partial charge on any atom is -0.494 e. The Labute approximate surface area is 123 Å². The monoisotopic (exact) mass is 297 g/mol. The SMILES string of the molecule is Cc1ccc2c(c1)=C/C(=C\c1c(O)[nH]c(=O)[nH]c1=O)C(=O)N=2. The zero-order chi connectivity index (χ0) is 15.9. The van der Waals surface area contributed by atoms with Crippen molar-refractivity contribution in [1.82, 2.24) is 9.97 Å². The standard InChI is InChI=1S/C15H11N3O4/c1-7-2-3-11-8(4-7)5-9(12(19)16-11)6-10-13(20)17-15(22)18-14(10)21/h2-6H,1H3,(H3,17,18,20,21,22)/b9-6+. The average molecular weight is 297 g/mol. The van der Waals surface area contributed by atoms with E-state index in [2.05, 4.69) is 9.98 Å². The van der Waals surface area contributed by atoms with E-state index in [1.54, 1.807) is 12.1 Å². The fourth-order valence-corrected chi connectivity index (χ4v) is 2.17. The summed E-state index contributed by atoms with van der Waals surface area (Å²) in [6, 6.07) is 5.44. The molecule has 2 heterocycles. The van der Waals surface area contributed by atoms with Crippen molar-refractivity contribution in [3.8, 4) is 5.88 Å². The van der Waals surface area contributed by atoms with Crippen LogP contribution in [0.5, 0.6) is 5.88 Å². The van der Waals surface area contributed by atoms with Gasteiger partial charge in [-0.3, -0.25) is 19.6 Å². The van der Waals surface area contributed by atoms with Crippen molar-refractivity contribution in [2.24, 2.45) is 4.99 Å². The second kappa shape index (κ2) is 4.96. The van der Waals surface area contributed by atoms with Crippen LogP contribution in [0.15, 0.2) is 38.4 Å². The van der Waals surface area contributed by atoms with E-state index in [0.29, 0.717) is 5.36 Å². The first kappa shape index (κ1) is 13.7. The third-order valence-electron chi connectivity index (χ3n) is 3.22. The van der Waals surface area contributed by atoms with Crippen molar-refractivity contribution < 1.29 is 9.90 Å². The van der Waals surface area contributed by atoms with E-state index in [1.165, 1.54) is 6.08 Å². The highest BCUT2D eigenvalue weighted by molar-refractivity contribution is 6.07. The van der Waals surface area contributed by atoms with Crippen LogP contribution in [0.4, 0.5) is 0 Å². The Morgan fingerprint density at radius 1 is 1.18 bits per heavy atom. The van der Waals surface area contributed by atoms with Gasteiger partial charge in [-0.1, -0.05) is 11.6 Å². The molecule has 110 valence electrons. The molecule has 2 aromatic rings. The van der Waals surface area contributed by atoms with Crippen LogP contribution in [-0.4, -0.2) is 21.0 Å². The van der Waals surface area contributed by atoms with Crippen molar-refractivity contribution >= 4 is 18.1 Å². The van der Waals surface area contributed by atoms with Gasteiger partial charge >= 0.3 is 5.69 Å². The summed E-state index contributed by atoms with van der Waals surface area (Å²) in [5, 5.41) is 10.9. The number of fused-ring (bicyclic) bond motifs is 1. The molecule has 1 amide bonds. The summed E-state index contributed by atoms with van der Waals surface area (Å²) < 4.78 is 0. The normalized spacial score (nSPS) is 15.1. The van der Waals surface area contributed by atoms with Crippen molar-refractivity contribution in [3.05, 3.63) is 66.3 Å². The number of aromatic nitrogens is 2. The van der Waals surface area contributed by atoms with E-state index < -0.39 is 23.0 Å². The molecule has 22 heavy (non-hydrogen) atoms. The van der Waals surface area contributed by atoms with Gasteiger partial charge in [-0.05, 0) is 31.2 Å². The highest BCUT2D eigenvalue weighted by Crippen LogP contribution is 2.13. The first-order valence-electron chi connectivity index (χ1n) is 6.43. The van der Waals surface area contributed by atoms with Crippen LogP contribution in [0.25, 0.3) is 12.2 Å². The molecule has 1 aromatic heterocycles. The zero-order valence-electron chi connectivity index (χ0n) is 11.5. The Bertz CT molecular complexity index is 1060.